The third-order valence-electron chi connectivity index (χ3n) is 3.54. The zero-order valence-electron chi connectivity index (χ0n) is 12.7. The second-order valence-corrected chi connectivity index (χ2v) is 7.06. The van der Waals surface area contributed by atoms with Crippen molar-refractivity contribution >= 4 is 33.6 Å². The largest absolute Gasteiger partial charge is 1.00 e. The van der Waals surface area contributed by atoms with Crippen molar-refractivity contribution in [3.8, 4) is 0 Å². The van der Waals surface area contributed by atoms with Crippen LogP contribution in [0.2, 0.25) is 0 Å². The molecule has 116 valence electrons. The molecular weight excluding hydrogens is 343 g/mol. The van der Waals surface area contributed by atoms with E-state index in [4.69, 9.17) is 9.29 Å². The predicted octanol–water partition coefficient (Wildman–Crippen LogP) is -2.41. The van der Waals surface area contributed by atoms with Crippen LogP contribution in [0.5, 0.6) is 0 Å². The minimum absolute atomic E-state index is 0. The van der Waals surface area contributed by atoms with E-state index in [1.54, 1.807) is 0 Å². The Kier molecular flexibility index (Phi) is 5.20. The Morgan fingerprint density at radius 2 is 2.27 bits per heavy atom. The summed E-state index contributed by atoms with van der Waals surface area (Å²) < 4.78 is 36.6. The number of likely N-dealkylation sites (tertiary alicyclic amines) is 1. The van der Waals surface area contributed by atoms with Gasteiger partial charge in [-0.05, 0) is 17.9 Å². The number of hydrogen-bond acceptors (Lipinski definition) is 6. The van der Waals surface area contributed by atoms with E-state index >= 15 is 0 Å². The standard InChI is InChI=1S/C11H12N2O6S2.Na.H/c14-10-9-8(13(10)21(16,17)18)3-4-12(9)11(15)19-6-7-2-1-5-20-7;;/h1-2,5,8-9H,3-4,6H2,(H,16,17,18);;/q;+1;-1/t8-,9+;;/m1../s1. The van der Waals surface area contributed by atoms with Crippen molar-refractivity contribution in [2.45, 2.75) is 25.1 Å². The first-order chi connectivity index (χ1) is 9.89. The molecule has 2 amide bonds. The van der Waals surface area contributed by atoms with Gasteiger partial charge in [0.2, 0.25) is 0 Å². The van der Waals surface area contributed by atoms with Crippen molar-refractivity contribution in [2.24, 2.45) is 0 Å². The van der Waals surface area contributed by atoms with Gasteiger partial charge in [0.25, 0.3) is 5.91 Å². The van der Waals surface area contributed by atoms with Gasteiger partial charge >= 0.3 is 46.0 Å². The third kappa shape index (κ3) is 3.03. The van der Waals surface area contributed by atoms with Crippen LogP contribution in [0.1, 0.15) is 12.7 Å². The summed E-state index contributed by atoms with van der Waals surface area (Å²) in [7, 11) is -4.56. The zero-order valence-corrected chi connectivity index (χ0v) is 15.3. The van der Waals surface area contributed by atoms with Crippen LogP contribution in [-0.2, 0) is 26.4 Å². The molecule has 0 unspecified atom stereocenters. The maximum absolute atomic E-state index is 12.0. The molecule has 1 N–H and O–H groups in total. The Bertz CT molecular complexity index is 683. The number of thiophene rings is 1. The molecule has 0 aromatic carbocycles. The number of nitrogens with zero attached hydrogens (tertiary/aromatic N) is 2. The summed E-state index contributed by atoms with van der Waals surface area (Å²) in [6.45, 7) is 0.330. The van der Waals surface area contributed by atoms with E-state index in [1.807, 2.05) is 17.5 Å². The van der Waals surface area contributed by atoms with Crippen molar-refractivity contribution in [1.82, 2.24) is 9.21 Å². The van der Waals surface area contributed by atoms with E-state index in [9.17, 15) is 18.0 Å². The van der Waals surface area contributed by atoms with Crippen LogP contribution in [0.4, 0.5) is 4.79 Å². The van der Waals surface area contributed by atoms with E-state index in [-0.39, 0.29) is 44.1 Å². The first kappa shape index (κ1) is 17.7. The molecule has 2 aliphatic rings. The fourth-order valence-electron chi connectivity index (χ4n) is 2.63. The first-order valence-electron chi connectivity index (χ1n) is 6.16. The average Bonchev–Trinajstić information content (AvgIpc) is 3.00. The molecule has 0 saturated carbocycles. The summed E-state index contributed by atoms with van der Waals surface area (Å²) in [6.07, 6.45) is -0.358. The Labute approximate surface area is 154 Å². The summed E-state index contributed by atoms with van der Waals surface area (Å²) in [5.41, 5.74) is 0. The van der Waals surface area contributed by atoms with Gasteiger partial charge in [-0.2, -0.15) is 8.42 Å². The summed E-state index contributed by atoms with van der Waals surface area (Å²) in [4.78, 5) is 25.8. The fraction of sp³-hybridized carbons (Fsp3) is 0.455. The molecule has 2 saturated heterocycles. The number of ether oxygens (including phenoxy) is 1. The molecule has 3 heterocycles. The van der Waals surface area contributed by atoms with Crippen molar-refractivity contribution in [1.29, 1.82) is 0 Å². The molecule has 0 aliphatic carbocycles. The van der Waals surface area contributed by atoms with Crippen LogP contribution in [0.3, 0.4) is 0 Å². The molecule has 0 bridgehead atoms. The molecule has 11 heteroatoms. The van der Waals surface area contributed by atoms with Crippen LogP contribution in [-0.4, -0.2) is 52.8 Å². The van der Waals surface area contributed by atoms with Crippen molar-refractivity contribution in [3.63, 3.8) is 0 Å². The Morgan fingerprint density at radius 3 is 2.86 bits per heavy atom. The van der Waals surface area contributed by atoms with E-state index in [1.165, 1.54) is 16.2 Å². The Balaban J connectivity index is 0.00000132. The van der Waals surface area contributed by atoms with Crippen LogP contribution in [0.15, 0.2) is 17.5 Å². The van der Waals surface area contributed by atoms with Gasteiger partial charge in [0.1, 0.15) is 12.6 Å². The number of fused-ring (bicyclic) bond motifs is 1. The van der Waals surface area contributed by atoms with Gasteiger partial charge in [-0.1, -0.05) is 6.07 Å². The van der Waals surface area contributed by atoms with E-state index < -0.39 is 34.4 Å². The molecule has 2 aliphatic heterocycles. The average molecular weight is 356 g/mol. The fourth-order valence-corrected chi connectivity index (χ4v) is 4.15. The SMILES string of the molecule is O=C(OCc1cccs1)N1CC[C@@H]2[C@H]1C(=O)N2S(=O)(=O)O.[H-].[Na+]. The number of carbonyl (C=O) groups is 2. The summed E-state index contributed by atoms with van der Waals surface area (Å²) >= 11 is 1.44. The van der Waals surface area contributed by atoms with Crippen molar-refractivity contribution < 1.29 is 58.3 Å². The third-order valence-corrected chi connectivity index (χ3v) is 5.34. The maximum Gasteiger partial charge on any atom is 1.00 e. The van der Waals surface area contributed by atoms with E-state index in [0.717, 1.165) is 4.88 Å². The molecule has 2 atom stereocenters. The molecule has 3 rings (SSSR count). The number of amides is 2. The number of rotatable bonds is 3. The Morgan fingerprint density at radius 1 is 1.55 bits per heavy atom. The maximum atomic E-state index is 12.0. The molecule has 0 radical (unpaired) electrons. The summed E-state index contributed by atoms with van der Waals surface area (Å²) in [5.74, 6) is -0.798. The molecule has 1 aromatic heterocycles. The van der Waals surface area contributed by atoms with Gasteiger partial charge in [0, 0.05) is 11.4 Å². The van der Waals surface area contributed by atoms with Gasteiger partial charge in [-0.25, -0.2) is 9.10 Å². The number of carbonyl (C=O) groups excluding carboxylic acids is 2. The van der Waals surface area contributed by atoms with E-state index in [2.05, 4.69) is 0 Å². The minimum atomic E-state index is -4.56. The monoisotopic (exact) mass is 356 g/mol. The topological polar surface area (TPSA) is 104 Å². The second kappa shape index (κ2) is 6.46. The van der Waals surface area contributed by atoms with E-state index in [0.29, 0.717) is 10.7 Å². The van der Waals surface area contributed by atoms with Gasteiger partial charge in [-0.15, -0.1) is 11.3 Å². The predicted molar refractivity (Wildman–Crippen MR) is 72.9 cm³/mol. The summed E-state index contributed by atoms with van der Waals surface area (Å²) in [5, 5.41) is 1.86. The van der Waals surface area contributed by atoms with Crippen LogP contribution in [0.25, 0.3) is 0 Å². The van der Waals surface area contributed by atoms with Crippen LogP contribution in [0, 0.1) is 0 Å². The summed E-state index contributed by atoms with van der Waals surface area (Å²) in [6, 6.07) is 2.10. The smallest absolute Gasteiger partial charge is 1.00 e. The minimum Gasteiger partial charge on any atom is -1.00 e. The quantitative estimate of drug-likeness (QED) is 0.368. The molecular formula is C11H13N2NaO6S2. The first-order valence-corrected chi connectivity index (χ1v) is 8.43. The van der Waals surface area contributed by atoms with Crippen LogP contribution < -0.4 is 29.6 Å². The molecule has 8 nitrogen and oxygen atoms in total. The number of hydrogen-bond donors (Lipinski definition) is 1. The van der Waals surface area contributed by atoms with Gasteiger partial charge in [0.05, 0.1) is 6.04 Å². The zero-order chi connectivity index (χ0) is 15.2. The Hall–Kier alpha value is -0.650. The molecule has 1 aromatic rings. The molecule has 2 fully saturated rings. The molecule has 0 spiro atoms. The van der Waals surface area contributed by atoms with Crippen molar-refractivity contribution in [3.05, 3.63) is 22.4 Å². The normalized spacial score (nSPS) is 23.6. The van der Waals surface area contributed by atoms with Gasteiger partial charge in [-0.3, -0.25) is 14.2 Å². The van der Waals surface area contributed by atoms with Gasteiger partial charge < -0.3 is 6.16 Å². The van der Waals surface area contributed by atoms with Crippen LogP contribution >= 0.6 is 11.3 Å². The second-order valence-electron chi connectivity index (χ2n) is 4.74. The number of β-lactam (4-membered cyclic amide) rings is 1. The molecule has 22 heavy (non-hydrogen) atoms. The van der Waals surface area contributed by atoms with Gasteiger partial charge in [0.15, 0.2) is 0 Å². The van der Waals surface area contributed by atoms with Crippen molar-refractivity contribution in [2.75, 3.05) is 6.54 Å².